The lowest BCUT2D eigenvalue weighted by atomic mass is 9.79. The first kappa shape index (κ1) is 26.9. The molecular weight excluding hydrogens is 523 g/mol. The van der Waals surface area contributed by atoms with E-state index in [9.17, 15) is 23.1 Å². The fraction of sp³-hybridized carbons (Fsp3) is 0.520. The van der Waals surface area contributed by atoms with Crippen LogP contribution < -0.4 is 10.6 Å². The molecule has 5 rings (SSSR count). The summed E-state index contributed by atoms with van der Waals surface area (Å²) < 4.78 is 45.0. The van der Waals surface area contributed by atoms with E-state index >= 15 is 0 Å². The largest absolute Gasteiger partial charge is 0.406 e. The number of carbonyl (C=O) groups is 1. The van der Waals surface area contributed by atoms with Crippen LogP contribution in [0.5, 0.6) is 0 Å². The number of anilines is 1. The number of hydrogen-bond acceptors (Lipinski definition) is 9. The van der Waals surface area contributed by atoms with Crippen molar-refractivity contribution in [2.24, 2.45) is 5.92 Å². The van der Waals surface area contributed by atoms with Gasteiger partial charge in [0.05, 0.1) is 29.0 Å². The Balaban J connectivity index is 1.15. The maximum absolute atomic E-state index is 12.8. The molecule has 2 saturated carbocycles. The number of amides is 1. The maximum atomic E-state index is 12.8. The molecule has 0 radical (unpaired) electrons. The van der Waals surface area contributed by atoms with Gasteiger partial charge in [-0.05, 0) is 49.8 Å². The van der Waals surface area contributed by atoms with E-state index < -0.39 is 36.9 Å². The Labute approximate surface area is 220 Å². The van der Waals surface area contributed by atoms with Crippen LogP contribution in [-0.4, -0.2) is 68.1 Å². The van der Waals surface area contributed by atoms with E-state index in [4.69, 9.17) is 9.84 Å². The number of aliphatic hydroxyl groups excluding tert-OH is 2. The van der Waals surface area contributed by atoms with Gasteiger partial charge in [0.15, 0.2) is 11.0 Å². The van der Waals surface area contributed by atoms with Crippen molar-refractivity contribution in [3.8, 4) is 11.1 Å². The van der Waals surface area contributed by atoms with Crippen LogP contribution in [0.4, 0.5) is 18.3 Å². The molecule has 3 aromatic rings. The highest BCUT2D eigenvalue weighted by molar-refractivity contribution is 7.22. The molecule has 204 valence electrons. The van der Waals surface area contributed by atoms with Crippen LogP contribution in [0.1, 0.15) is 37.9 Å². The van der Waals surface area contributed by atoms with Gasteiger partial charge < -0.3 is 25.6 Å². The molecule has 1 aromatic carbocycles. The van der Waals surface area contributed by atoms with Gasteiger partial charge in [-0.15, -0.1) is 0 Å². The zero-order chi connectivity index (χ0) is 26.9. The number of alkyl halides is 3. The van der Waals surface area contributed by atoms with Gasteiger partial charge in [-0.25, -0.2) is 15.0 Å². The lowest BCUT2D eigenvalue weighted by molar-refractivity contribution is -0.168. The zero-order valence-electron chi connectivity index (χ0n) is 20.3. The summed E-state index contributed by atoms with van der Waals surface area (Å²) >= 11 is 1.31. The van der Waals surface area contributed by atoms with E-state index in [1.807, 2.05) is 18.2 Å². The molecule has 0 unspecified atom stereocenters. The highest BCUT2D eigenvalue weighted by Gasteiger charge is 2.43. The number of carbonyl (C=O) groups excluding carboxylic acids is 1. The van der Waals surface area contributed by atoms with Crippen LogP contribution in [0.15, 0.2) is 30.6 Å². The molecule has 0 aliphatic heterocycles. The predicted molar refractivity (Wildman–Crippen MR) is 134 cm³/mol. The summed E-state index contributed by atoms with van der Waals surface area (Å²) in [5.74, 6) is -0.166. The fourth-order valence-electron chi connectivity index (χ4n) is 4.73. The lowest BCUT2D eigenvalue weighted by Gasteiger charge is -2.37. The van der Waals surface area contributed by atoms with E-state index in [0.717, 1.165) is 35.1 Å². The second-order valence-electron chi connectivity index (χ2n) is 9.74. The highest BCUT2D eigenvalue weighted by atomic mass is 32.1. The van der Waals surface area contributed by atoms with E-state index in [-0.39, 0.29) is 31.5 Å². The number of rotatable bonds is 9. The van der Waals surface area contributed by atoms with Crippen molar-refractivity contribution in [2.45, 2.75) is 69.2 Å². The normalized spacial score (nSPS) is 24.3. The second kappa shape index (κ2) is 11.2. The smallest absolute Gasteiger partial charge is 0.394 e. The number of hydrogen-bond donors (Lipinski definition) is 4. The predicted octanol–water partition coefficient (Wildman–Crippen LogP) is 3.41. The van der Waals surface area contributed by atoms with Crippen LogP contribution >= 0.6 is 11.3 Å². The molecule has 0 bridgehead atoms. The molecule has 2 heterocycles. The van der Waals surface area contributed by atoms with Crippen molar-refractivity contribution in [2.75, 3.05) is 11.9 Å². The second-order valence-corrected chi connectivity index (χ2v) is 10.8. The third-order valence-electron chi connectivity index (χ3n) is 7.02. The Hall–Kier alpha value is -2.71. The summed E-state index contributed by atoms with van der Waals surface area (Å²) in [4.78, 5) is 25.8. The van der Waals surface area contributed by atoms with Crippen molar-refractivity contribution in [1.29, 1.82) is 0 Å². The Morgan fingerprint density at radius 3 is 2.61 bits per heavy atom. The molecular formula is C25H28F3N5O4S. The summed E-state index contributed by atoms with van der Waals surface area (Å²) in [7, 11) is 0. The van der Waals surface area contributed by atoms with Crippen molar-refractivity contribution in [3.05, 3.63) is 36.4 Å². The number of aliphatic hydroxyl groups is 2. The first-order valence-electron chi connectivity index (χ1n) is 12.5. The summed E-state index contributed by atoms with van der Waals surface area (Å²) in [6, 6.07) is 3.19. The monoisotopic (exact) mass is 551 g/mol. The van der Waals surface area contributed by atoms with Crippen LogP contribution in [0.2, 0.25) is 0 Å². The number of fused-ring (bicyclic) bond motifs is 1. The van der Waals surface area contributed by atoms with Crippen LogP contribution in [0.3, 0.4) is 0 Å². The molecule has 3 atom stereocenters. The number of thiazole rings is 1. The third-order valence-corrected chi connectivity index (χ3v) is 7.96. The molecule has 1 amide bonds. The molecule has 4 N–H and O–H groups in total. The Bertz CT molecular complexity index is 1270. The summed E-state index contributed by atoms with van der Waals surface area (Å²) in [5.41, 5.74) is 2.40. The van der Waals surface area contributed by atoms with Gasteiger partial charge in [0.1, 0.15) is 12.6 Å². The Morgan fingerprint density at radius 2 is 1.95 bits per heavy atom. The van der Waals surface area contributed by atoms with Gasteiger partial charge in [0.25, 0.3) is 0 Å². The van der Waals surface area contributed by atoms with E-state index in [0.29, 0.717) is 16.5 Å². The van der Waals surface area contributed by atoms with E-state index in [2.05, 4.69) is 25.6 Å². The standard InChI is InChI=1S/C25H28F3N5O4S/c26-25(27,28)21(11-34)31-16-6-14(7-16)23(36)33-24-32-17-5-4-13(8-20(17)38-24)15-9-29-22(30-10-15)12-37-19-3-1-2-18(19)35/h4-5,8-10,14,16,18-19,21,31,34-35H,1-3,6-7,11-12H2,(H,32,33,36)/t14?,16?,18-,19-,21+/m0/s1. The van der Waals surface area contributed by atoms with Crippen molar-refractivity contribution in [1.82, 2.24) is 20.3 Å². The van der Waals surface area contributed by atoms with Crippen LogP contribution in [0, 0.1) is 5.92 Å². The van der Waals surface area contributed by atoms with Crippen molar-refractivity contribution < 1.29 is 32.9 Å². The van der Waals surface area contributed by atoms with Crippen molar-refractivity contribution >= 4 is 32.6 Å². The summed E-state index contributed by atoms with van der Waals surface area (Å²) in [6.07, 6.45) is 1.35. The number of ether oxygens (including phenoxy) is 1. The first-order valence-corrected chi connectivity index (χ1v) is 13.3. The minimum atomic E-state index is -4.54. The number of benzene rings is 1. The molecule has 2 fully saturated rings. The minimum absolute atomic E-state index is 0.169. The molecule has 38 heavy (non-hydrogen) atoms. The van der Waals surface area contributed by atoms with Gasteiger partial charge in [0, 0.05) is 29.9 Å². The third kappa shape index (κ3) is 6.12. The number of nitrogens with one attached hydrogen (secondary N) is 2. The molecule has 0 saturated heterocycles. The SMILES string of the molecule is O=C(Nc1nc2ccc(-c3cnc(CO[C@H]4CCC[C@@H]4O)nc3)cc2s1)C1CC(N[C@H](CO)C(F)(F)F)C1. The number of aromatic nitrogens is 3. The molecule has 2 aliphatic rings. The maximum Gasteiger partial charge on any atom is 0.406 e. The zero-order valence-corrected chi connectivity index (χ0v) is 21.1. The highest BCUT2D eigenvalue weighted by Crippen LogP contribution is 2.34. The van der Waals surface area contributed by atoms with Gasteiger partial charge in [-0.2, -0.15) is 13.2 Å². The number of nitrogens with zero attached hydrogens (tertiary/aromatic N) is 3. The quantitative estimate of drug-likeness (QED) is 0.319. The summed E-state index contributed by atoms with van der Waals surface area (Å²) in [5, 5.41) is 24.4. The average molecular weight is 552 g/mol. The van der Waals surface area contributed by atoms with E-state index in [1.165, 1.54) is 11.3 Å². The molecule has 2 aromatic heterocycles. The first-order chi connectivity index (χ1) is 18.2. The fourth-order valence-corrected chi connectivity index (χ4v) is 5.64. The molecule has 2 aliphatic carbocycles. The molecule has 0 spiro atoms. The topological polar surface area (TPSA) is 129 Å². The van der Waals surface area contributed by atoms with Crippen LogP contribution in [-0.2, 0) is 16.1 Å². The Morgan fingerprint density at radius 1 is 1.18 bits per heavy atom. The average Bonchev–Trinajstić information content (AvgIpc) is 3.45. The Kier molecular flexibility index (Phi) is 7.91. The number of halogens is 3. The lowest BCUT2D eigenvalue weighted by Crippen LogP contribution is -2.55. The molecule has 9 nitrogen and oxygen atoms in total. The van der Waals surface area contributed by atoms with Crippen LogP contribution in [0.25, 0.3) is 21.3 Å². The van der Waals surface area contributed by atoms with Gasteiger partial charge >= 0.3 is 6.18 Å². The van der Waals surface area contributed by atoms with Crippen molar-refractivity contribution in [3.63, 3.8) is 0 Å². The van der Waals surface area contributed by atoms with Gasteiger partial charge in [0.2, 0.25) is 5.91 Å². The van der Waals surface area contributed by atoms with Gasteiger partial charge in [-0.3, -0.25) is 4.79 Å². The summed E-state index contributed by atoms with van der Waals surface area (Å²) in [6.45, 7) is -0.804. The van der Waals surface area contributed by atoms with E-state index in [1.54, 1.807) is 12.4 Å². The minimum Gasteiger partial charge on any atom is -0.394 e. The molecule has 13 heteroatoms. The van der Waals surface area contributed by atoms with Gasteiger partial charge in [-0.1, -0.05) is 17.4 Å².